The van der Waals surface area contributed by atoms with E-state index < -0.39 is 0 Å². The number of rotatable bonds is 1. The Morgan fingerprint density at radius 3 is 2.65 bits per heavy atom. The predicted molar refractivity (Wildman–Crippen MR) is 77.1 cm³/mol. The van der Waals surface area contributed by atoms with Crippen molar-refractivity contribution in [2.75, 3.05) is 19.7 Å². The highest BCUT2D eigenvalue weighted by Crippen LogP contribution is 2.30. The maximum Gasteiger partial charge on any atom is 0.272 e. The van der Waals surface area contributed by atoms with Crippen molar-refractivity contribution in [1.82, 2.24) is 9.88 Å². The monoisotopic (exact) mass is 272 g/mol. The summed E-state index contributed by atoms with van der Waals surface area (Å²) in [5.74, 6) is 5.31. The number of carbonyl (C=O) groups is 1. The van der Waals surface area contributed by atoms with E-state index in [1.54, 1.807) is 18.3 Å². The number of pyridine rings is 1. The quantitative estimate of drug-likeness (QED) is 0.792. The molecule has 1 aromatic rings. The highest BCUT2D eigenvalue weighted by Gasteiger charge is 2.28. The van der Waals surface area contributed by atoms with Crippen LogP contribution in [-0.2, 0) is 0 Å². The lowest BCUT2D eigenvalue weighted by Crippen LogP contribution is -2.41. The fourth-order valence-electron chi connectivity index (χ4n) is 2.21. The van der Waals surface area contributed by atoms with E-state index in [4.69, 9.17) is 5.11 Å². The number of aliphatic hydroxyl groups excluding tert-OH is 1. The normalized spacial score (nSPS) is 17.2. The molecule has 0 aliphatic carbocycles. The Bertz CT molecular complexity index is 528. The van der Waals surface area contributed by atoms with Gasteiger partial charge in [0.2, 0.25) is 0 Å². The number of carbonyl (C=O) groups excluding carboxylic acids is 1. The molecule has 0 aromatic carbocycles. The average molecular weight is 272 g/mol. The van der Waals surface area contributed by atoms with Crippen LogP contribution in [0.4, 0.5) is 0 Å². The molecule has 106 valence electrons. The van der Waals surface area contributed by atoms with Crippen LogP contribution in [0.25, 0.3) is 0 Å². The highest BCUT2D eigenvalue weighted by molar-refractivity contribution is 5.92. The Balaban J connectivity index is 2.03. The zero-order chi connectivity index (χ0) is 14.6. The summed E-state index contributed by atoms with van der Waals surface area (Å²) in [6, 6.07) is 3.46. The average Bonchev–Trinajstić information content (AvgIpc) is 2.45. The summed E-state index contributed by atoms with van der Waals surface area (Å²) in [5.41, 5.74) is 1.49. The van der Waals surface area contributed by atoms with E-state index >= 15 is 0 Å². The summed E-state index contributed by atoms with van der Waals surface area (Å²) < 4.78 is 0. The summed E-state index contributed by atoms with van der Waals surface area (Å²) in [6.07, 6.45) is 3.63. The number of nitrogens with zero attached hydrogens (tertiary/aromatic N) is 2. The van der Waals surface area contributed by atoms with E-state index in [0.29, 0.717) is 16.7 Å². The third kappa shape index (κ3) is 3.58. The number of aromatic nitrogens is 1. The lowest BCUT2D eigenvalue weighted by molar-refractivity contribution is 0.0624. The van der Waals surface area contributed by atoms with Gasteiger partial charge in [0.1, 0.15) is 12.3 Å². The van der Waals surface area contributed by atoms with Gasteiger partial charge in [0.05, 0.1) is 0 Å². The number of hydrogen-bond acceptors (Lipinski definition) is 3. The van der Waals surface area contributed by atoms with Gasteiger partial charge in [-0.1, -0.05) is 25.7 Å². The van der Waals surface area contributed by atoms with Crippen molar-refractivity contribution >= 4 is 5.91 Å². The van der Waals surface area contributed by atoms with E-state index in [2.05, 4.69) is 30.7 Å². The smallest absolute Gasteiger partial charge is 0.272 e. The number of aliphatic hydroxyl groups is 1. The third-order valence-electron chi connectivity index (χ3n) is 3.70. The Hall–Kier alpha value is -1.86. The van der Waals surface area contributed by atoms with Gasteiger partial charge >= 0.3 is 0 Å². The lowest BCUT2D eigenvalue weighted by Gasteiger charge is -2.36. The fraction of sp³-hybridized carbons (Fsp3) is 0.500. The molecule has 0 unspecified atom stereocenters. The minimum absolute atomic E-state index is 0.0119. The first-order valence-electron chi connectivity index (χ1n) is 6.87. The molecule has 0 radical (unpaired) electrons. The Morgan fingerprint density at radius 2 is 2.10 bits per heavy atom. The van der Waals surface area contributed by atoms with Crippen LogP contribution in [0.15, 0.2) is 18.3 Å². The number of likely N-dealkylation sites (tertiary alicyclic amines) is 1. The second-order valence-corrected chi connectivity index (χ2v) is 5.85. The Morgan fingerprint density at radius 1 is 1.40 bits per heavy atom. The van der Waals surface area contributed by atoms with Gasteiger partial charge in [-0.3, -0.25) is 4.79 Å². The molecular weight excluding hydrogens is 252 g/mol. The second-order valence-electron chi connectivity index (χ2n) is 5.85. The SMILES string of the molecule is CC1(C)CCN(C(=O)c2ccc(C#CCO)cn2)CC1. The van der Waals surface area contributed by atoms with Crippen LogP contribution in [0, 0.1) is 17.3 Å². The van der Waals surface area contributed by atoms with Crippen LogP contribution < -0.4 is 0 Å². The molecule has 1 aliphatic heterocycles. The summed E-state index contributed by atoms with van der Waals surface area (Å²) in [6.45, 7) is 5.88. The van der Waals surface area contributed by atoms with Crippen molar-refractivity contribution in [1.29, 1.82) is 0 Å². The molecule has 1 fully saturated rings. The molecule has 0 bridgehead atoms. The van der Waals surface area contributed by atoms with Gasteiger partial charge in [0.25, 0.3) is 5.91 Å². The van der Waals surface area contributed by atoms with E-state index in [1.807, 2.05) is 4.90 Å². The molecule has 2 rings (SSSR count). The van der Waals surface area contributed by atoms with E-state index in [0.717, 1.165) is 25.9 Å². The molecule has 1 N–H and O–H groups in total. The molecule has 1 aromatic heterocycles. The van der Waals surface area contributed by atoms with Crippen LogP contribution in [0.3, 0.4) is 0 Å². The summed E-state index contributed by atoms with van der Waals surface area (Å²) in [5, 5.41) is 8.63. The minimum Gasteiger partial charge on any atom is -0.384 e. The third-order valence-corrected chi connectivity index (χ3v) is 3.70. The van der Waals surface area contributed by atoms with Gasteiger partial charge in [0, 0.05) is 24.8 Å². The van der Waals surface area contributed by atoms with Gasteiger partial charge in [-0.25, -0.2) is 4.98 Å². The molecule has 1 saturated heterocycles. The van der Waals surface area contributed by atoms with Gasteiger partial charge in [0.15, 0.2) is 0 Å². The van der Waals surface area contributed by atoms with Crippen molar-refractivity contribution in [3.63, 3.8) is 0 Å². The van der Waals surface area contributed by atoms with Gasteiger partial charge in [-0.2, -0.15) is 0 Å². The molecule has 2 heterocycles. The molecular formula is C16H20N2O2. The molecule has 4 nitrogen and oxygen atoms in total. The fourth-order valence-corrected chi connectivity index (χ4v) is 2.21. The van der Waals surface area contributed by atoms with Crippen LogP contribution in [0.1, 0.15) is 42.7 Å². The van der Waals surface area contributed by atoms with Crippen LogP contribution in [0.5, 0.6) is 0 Å². The lowest BCUT2D eigenvalue weighted by atomic mass is 9.82. The van der Waals surface area contributed by atoms with Gasteiger partial charge < -0.3 is 10.0 Å². The first-order valence-corrected chi connectivity index (χ1v) is 6.87. The molecule has 1 amide bonds. The molecule has 1 aliphatic rings. The van der Waals surface area contributed by atoms with Crippen molar-refractivity contribution in [2.45, 2.75) is 26.7 Å². The zero-order valence-corrected chi connectivity index (χ0v) is 12.0. The number of hydrogen-bond donors (Lipinski definition) is 1. The minimum atomic E-state index is -0.176. The van der Waals surface area contributed by atoms with Crippen LogP contribution in [0.2, 0.25) is 0 Å². The van der Waals surface area contributed by atoms with Crippen molar-refractivity contribution < 1.29 is 9.90 Å². The van der Waals surface area contributed by atoms with E-state index in [1.165, 1.54) is 0 Å². The van der Waals surface area contributed by atoms with Crippen molar-refractivity contribution in [3.8, 4) is 11.8 Å². The molecule has 0 saturated carbocycles. The predicted octanol–water partition coefficient (Wildman–Crippen LogP) is 1.69. The highest BCUT2D eigenvalue weighted by atomic mass is 16.2. The first kappa shape index (κ1) is 14.5. The zero-order valence-electron chi connectivity index (χ0n) is 12.0. The number of piperidine rings is 1. The first-order chi connectivity index (χ1) is 9.52. The maximum atomic E-state index is 12.3. The molecule has 20 heavy (non-hydrogen) atoms. The van der Waals surface area contributed by atoms with Gasteiger partial charge in [-0.15, -0.1) is 0 Å². The largest absolute Gasteiger partial charge is 0.384 e. The Labute approximate surface area is 119 Å². The summed E-state index contributed by atoms with van der Waals surface area (Å²) in [7, 11) is 0. The van der Waals surface area contributed by atoms with Crippen molar-refractivity contribution in [3.05, 3.63) is 29.6 Å². The van der Waals surface area contributed by atoms with E-state index in [9.17, 15) is 4.79 Å². The topological polar surface area (TPSA) is 53.4 Å². The molecule has 0 atom stereocenters. The van der Waals surface area contributed by atoms with Crippen LogP contribution >= 0.6 is 0 Å². The Kier molecular flexibility index (Phi) is 4.41. The summed E-state index contributed by atoms with van der Waals surface area (Å²) in [4.78, 5) is 18.4. The summed E-state index contributed by atoms with van der Waals surface area (Å²) >= 11 is 0. The second kappa shape index (κ2) is 6.06. The van der Waals surface area contributed by atoms with Crippen molar-refractivity contribution in [2.24, 2.45) is 5.41 Å². The maximum absolute atomic E-state index is 12.3. The standard InChI is InChI=1S/C16H20N2O2/c1-16(2)7-9-18(10-8-16)15(20)14-6-5-13(12-17-14)4-3-11-19/h5-6,12,19H,7-11H2,1-2H3. The number of amides is 1. The molecule has 0 spiro atoms. The van der Waals surface area contributed by atoms with E-state index in [-0.39, 0.29) is 12.5 Å². The van der Waals surface area contributed by atoms with Gasteiger partial charge in [-0.05, 0) is 30.4 Å². The van der Waals surface area contributed by atoms with Crippen LogP contribution in [-0.4, -0.2) is 40.6 Å². The molecule has 4 heteroatoms.